The third-order valence-corrected chi connectivity index (χ3v) is 3.96. The van der Waals surface area contributed by atoms with Gasteiger partial charge in [0.15, 0.2) is 0 Å². The lowest BCUT2D eigenvalue weighted by Crippen LogP contribution is -2.40. The molecule has 2 aliphatic heterocycles. The van der Waals surface area contributed by atoms with Gasteiger partial charge in [0.25, 0.3) is 5.91 Å². The minimum absolute atomic E-state index is 0.234. The van der Waals surface area contributed by atoms with Gasteiger partial charge >= 0.3 is 6.03 Å². The monoisotopic (exact) mass is 265 g/mol. The van der Waals surface area contributed by atoms with Gasteiger partial charge < -0.3 is 5.32 Å². The lowest BCUT2D eigenvalue weighted by Gasteiger charge is -2.23. The molecule has 1 N–H and O–H groups in total. The second-order valence-electron chi connectivity index (χ2n) is 5.14. The van der Waals surface area contributed by atoms with Crippen LogP contribution in [-0.4, -0.2) is 16.9 Å². The van der Waals surface area contributed by atoms with E-state index in [4.69, 9.17) is 0 Å². The maximum atomic E-state index is 12.4. The molecule has 1 aromatic carbocycles. The van der Waals surface area contributed by atoms with E-state index in [1.165, 1.54) is 4.90 Å². The summed E-state index contributed by atoms with van der Waals surface area (Å²) in [5.74, 6) is -0.234. The van der Waals surface area contributed by atoms with Gasteiger partial charge in [-0.25, -0.2) is 9.69 Å². The van der Waals surface area contributed by atoms with Crippen molar-refractivity contribution in [3.8, 4) is 11.1 Å². The van der Waals surface area contributed by atoms with Crippen molar-refractivity contribution in [3.05, 3.63) is 48.3 Å². The van der Waals surface area contributed by atoms with Crippen molar-refractivity contribution in [2.24, 2.45) is 0 Å². The number of aromatic nitrogens is 1. The maximum Gasteiger partial charge on any atom is 0.329 e. The van der Waals surface area contributed by atoms with E-state index in [2.05, 4.69) is 10.3 Å². The molecule has 4 rings (SSSR count). The Kier molecular flexibility index (Phi) is 1.92. The smallest absolute Gasteiger partial charge is 0.319 e. The molecule has 3 heterocycles. The lowest BCUT2D eigenvalue weighted by atomic mass is 9.93. The van der Waals surface area contributed by atoms with Crippen LogP contribution in [0.5, 0.6) is 0 Å². The SMILES string of the molecule is CC12NC(=O)N(C1=O)c1c(-c3ccccc3)cncc12. The number of anilines is 1. The Labute approximate surface area is 115 Å². The van der Waals surface area contributed by atoms with Crippen LogP contribution in [0.1, 0.15) is 12.5 Å². The number of benzene rings is 1. The Balaban J connectivity index is 2.03. The van der Waals surface area contributed by atoms with Gasteiger partial charge in [-0.2, -0.15) is 0 Å². The molecule has 5 heteroatoms. The van der Waals surface area contributed by atoms with E-state index < -0.39 is 5.54 Å². The van der Waals surface area contributed by atoms with Gasteiger partial charge in [-0.3, -0.25) is 9.78 Å². The topological polar surface area (TPSA) is 62.3 Å². The van der Waals surface area contributed by atoms with Crippen LogP contribution in [0.2, 0.25) is 0 Å². The molecule has 1 saturated heterocycles. The van der Waals surface area contributed by atoms with Crippen molar-refractivity contribution < 1.29 is 9.59 Å². The zero-order chi connectivity index (χ0) is 13.9. The van der Waals surface area contributed by atoms with Gasteiger partial charge in [-0.05, 0) is 12.5 Å². The standard InChI is InChI=1S/C15H11N3O2/c1-15-11-8-16-7-10(9-5-3-2-4-6-9)12(11)18(13(15)19)14(20)17-15/h2-8H,1H3,(H,17,20). The minimum atomic E-state index is -0.982. The number of imide groups is 1. The Hall–Kier alpha value is -2.69. The minimum Gasteiger partial charge on any atom is -0.319 e. The number of urea groups is 1. The number of pyridine rings is 1. The molecule has 0 spiro atoms. The summed E-state index contributed by atoms with van der Waals surface area (Å²) in [4.78, 5) is 29.8. The molecular weight excluding hydrogens is 254 g/mol. The molecule has 5 nitrogen and oxygen atoms in total. The fourth-order valence-electron chi connectivity index (χ4n) is 2.91. The fourth-order valence-corrected chi connectivity index (χ4v) is 2.91. The Morgan fingerprint density at radius 1 is 1.15 bits per heavy atom. The number of carbonyl (C=O) groups is 2. The highest BCUT2D eigenvalue weighted by Crippen LogP contribution is 2.48. The largest absolute Gasteiger partial charge is 0.329 e. The van der Waals surface area contributed by atoms with Crippen molar-refractivity contribution in [2.45, 2.75) is 12.5 Å². The van der Waals surface area contributed by atoms with Gasteiger partial charge in [-0.15, -0.1) is 0 Å². The molecule has 1 unspecified atom stereocenters. The number of rotatable bonds is 1. The predicted molar refractivity (Wildman–Crippen MR) is 73.0 cm³/mol. The number of hydrogen-bond donors (Lipinski definition) is 1. The van der Waals surface area contributed by atoms with Crippen LogP contribution in [-0.2, 0) is 10.3 Å². The van der Waals surface area contributed by atoms with Crippen molar-refractivity contribution in [1.82, 2.24) is 10.3 Å². The molecule has 1 aromatic heterocycles. The normalized spacial score (nSPS) is 22.9. The highest BCUT2D eigenvalue weighted by atomic mass is 16.2. The van der Waals surface area contributed by atoms with E-state index in [1.807, 2.05) is 30.3 Å². The summed E-state index contributed by atoms with van der Waals surface area (Å²) in [5.41, 5.74) is 2.17. The highest BCUT2D eigenvalue weighted by Gasteiger charge is 2.58. The number of nitrogens with one attached hydrogen (secondary N) is 1. The molecule has 0 radical (unpaired) electrons. The second-order valence-corrected chi connectivity index (χ2v) is 5.14. The first-order chi connectivity index (χ1) is 9.63. The second kappa shape index (κ2) is 3.45. The van der Waals surface area contributed by atoms with Crippen molar-refractivity contribution >= 4 is 17.6 Å². The van der Waals surface area contributed by atoms with Crippen molar-refractivity contribution in [2.75, 3.05) is 4.90 Å². The third-order valence-electron chi connectivity index (χ3n) is 3.96. The summed E-state index contributed by atoms with van der Waals surface area (Å²) in [5, 5.41) is 2.71. The fraction of sp³-hybridized carbons (Fsp3) is 0.133. The molecular formula is C15H11N3O2. The molecule has 0 saturated carbocycles. The van der Waals surface area contributed by atoms with E-state index in [9.17, 15) is 9.59 Å². The van der Waals surface area contributed by atoms with Crippen LogP contribution in [0.4, 0.5) is 10.5 Å². The average Bonchev–Trinajstić information content (AvgIpc) is 2.82. The van der Waals surface area contributed by atoms with Gasteiger partial charge in [0, 0.05) is 23.5 Å². The first-order valence-electron chi connectivity index (χ1n) is 6.33. The average molecular weight is 265 g/mol. The Bertz CT molecular complexity index is 757. The van der Waals surface area contributed by atoms with Gasteiger partial charge in [0.05, 0.1) is 5.69 Å². The quantitative estimate of drug-likeness (QED) is 0.802. The molecule has 3 amide bonds. The zero-order valence-corrected chi connectivity index (χ0v) is 10.8. The first-order valence-corrected chi connectivity index (χ1v) is 6.33. The molecule has 0 aliphatic carbocycles. The van der Waals surface area contributed by atoms with E-state index in [-0.39, 0.29) is 11.9 Å². The van der Waals surface area contributed by atoms with Crippen LogP contribution in [0.15, 0.2) is 42.7 Å². The third kappa shape index (κ3) is 1.15. The number of carbonyl (C=O) groups excluding carboxylic acids is 2. The summed E-state index contributed by atoms with van der Waals surface area (Å²) in [6.45, 7) is 1.72. The number of hydrogen-bond acceptors (Lipinski definition) is 3. The van der Waals surface area contributed by atoms with Gasteiger partial charge in [-0.1, -0.05) is 30.3 Å². The number of fused-ring (bicyclic) bond motifs is 5. The molecule has 1 fully saturated rings. The van der Waals surface area contributed by atoms with Crippen LogP contribution in [0.3, 0.4) is 0 Å². The van der Waals surface area contributed by atoms with Crippen LogP contribution < -0.4 is 10.2 Å². The predicted octanol–water partition coefficient (Wildman–Crippen LogP) is 2.03. The van der Waals surface area contributed by atoms with Crippen molar-refractivity contribution in [1.29, 1.82) is 0 Å². The molecule has 2 bridgehead atoms. The molecule has 1 atom stereocenters. The molecule has 2 aromatic rings. The van der Waals surface area contributed by atoms with E-state index in [1.54, 1.807) is 19.3 Å². The van der Waals surface area contributed by atoms with Gasteiger partial charge in [0.1, 0.15) is 5.54 Å². The first kappa shape index (κ1) is 11.2. The zero-order valence-electron chi connectivity index (χ0n) is 10.8. The summed E-state index contributed by atoms with van der Waals surface area (Å²) >= 11 is 0. The highest BCUT2D eigenvalue weighted by molar-refractivity contribution is 6.29. The van der Waals surface area contributed by atoms with E-state index in [0.29, 0.717) is 5.69 Å². The van der Waals surface area contributed by atoms with E-state index >= 15 is 0 Å². The summed E-state index contributed by atoms with van der Waals surface area (Å²) < 4.78 is 0. The Morgan fingerprint density at radius 2 is 1.90 bits per heavy atom. The lowest BCUT2D eigenvalue weighted by molar-refractivity contribution is -0.120. The summed E-state index contributed by atoms with van der Waals surface area (Å²) in [6.07, 6.45) is 3.35. The van der Waals surface area contributed by atoms with Gasteiger partial charge in [0.2, 0.25) is 0 Å². The molecule has 20 heavy (non-hydrogen) atoms. The summed E-state index contributed by atoms with van der Waals surface area (Å²) in [7, 11) is 0. The number of nitrogens with zero attached hydrogens (tertiary/aromatic N) is 2. The molecule has 98 valence electrons. The Morgan fingerprint density at radius 3 is 2.65 bits per heavy atom. The summed E-state index contributed by atoms with van der Waals surface area (Å²) in [6, 6.07) is 9.27. The maximum absolute atomic E-state index is 12.4. The number of amides is 3. The van der Waals surface area contributed by atoms with Crippen molar-refractivity contribution in [3.63, 3.8) is 0 Å². The van der Waals surface area contributed by atoms with E-state index in [0.717, 1.165) is 16.7 Å². The van der Waals surface area contributed by atoms with Crippen LogP contribution >= 0.6 is 0 Å². The van der Waals surface area contributed by atoms with Crippen LogP contribution in [0, 0.1) is 0 Å². The molecule has 2 aliphatic rings. The van der Waals surface area contributed by atoms with Crippen LogP contribution in [0.25, 0.3) is 11.1 Å².